The van der Waals surface area contributed by atoms with Crippen molar-refractivity contribution in [3.63, 3.8) is 0 Å². The first kappa shape index (κ1) is 71.3. The fraction of sp³-hybridized carbons (Fsp3) is 0.446. The highest BCUT2D eigenvalue weighted by molar-refractivity contribution is 7.22. The van der Waals surface area contributed by atoms with Crippen molar-refractivity contribution in [3.05, 3.63) is 152 Å². The molecular formula is C74H89N3O16S. The summed E-state index contributed by atoms with van der Waals surface area (Å²) in [6, 6.07) is 33.6. The number of hydrogen-bond acceptors (Lipinski definition) is 20. The summed E-state index contributed by atoms with van der Waals surface area (Å²) >= 11 is 1.56. The number of unbranched alkanes of at least 4 members (excludes halogenated alkanes) is 10. The van der Waals surface area contributed by atoms with Crippen LogP contribution in [-0.2, 0) is 38.4 Å². The first-order valence-corrected chi connectivity index (χ1v) is 34.0. The van der Waals surface area contributed by atoms with Crippen LogP contribution in [0.25, 0.3) is 10.2 Å². The van der Waals surface area contributed by atoms with E-state index in [1.54, 1.807) is 96.4 Å². The van der Waals surface area contributed by atoms with Crippen LogP contribution >= 0.6 is 11.3 Å². The molecule has 0 unspecified atom stereocenters. The first-order chi connectivity index (χ1) is 46.0. The van der Waals surface area contributed by atoms with Gasteiger partial charge in [0.2, 0.25) is 5.13 Å². The lowest BCUT2D eigenvalue weighted by Crippen LogP contribution is -2.27. The molecule has 1 heterocycles. The van der Waals surface area contributed by atoms with Crippen molar-refractivity contribution >= 4 is 62.7 Å². The molecule has 5 aromatic carbocycles. The Kier molecular flexibility index (Phi) is 30.2. The van der Waals surface area contributed by atoms with Crippen molar-refractivity contribution in [2.45, 2.75) is 142 Å². The van der Waals surface area contributed by atoms with Crippen LogP contribution in [0.3, 0.4) is 0 Å². The second-order valence-electron chi connectivity index (χ2n) is 23.6. The molecule has 2 saturated carbocycles. The molecule has 0 saturated heterocycles. The van der Waals surface area contributed by atoms with E-state index in [9.17, 15) is 24.0 Å². The van der Waals surface area contributed by atoms with Gasteiger partial charge in [-0.1, -0.05) is 69.2 Å². The minimum absolute atomic E-state index is 0.139. The predicted octanol–water partition coefficient (Wildman–Crippen LogP) is 16.1. The number of hydrazone groups is 1. The highest BCUT2D eigenvalue weighted by atomic mass is 32.1. The molecular weight excluding hydrogens is 1220 g/mol. The van der Waals surface area contributed by atoms with E-state index >= 15 is 0 Å². The zero-order valence-electron chi connectivity index (χ0n) is 54.0. The van der Waals surface area contributed by atoms with Gasteiger partial charge in [-0.25, -0.2) is 24.4 Å². The van der Waals surface area contributed by atoms with Crippen molar-refractivity contribution in [1.82, 2.24) is 4.98 Å². The van der Waals surface area contributed by atoms with Crippen LogP contribution in [0, 0.1) is 23.7 Å². The zero-order valence-corrected chi connectivity index (χ0v) is 54.8. The van der Waals surface area contributed by atoms with Crippen molar-refractivity contribution in [2.24, 2.45) is 28.8 Å². The van der Waals surface area contributed by atoms with Crippen molar-refractivity contribution in [2.75, 3.05) is 51.2 Å². The fourth-order valence-corrected chi connectivity index (χ4v) is 11.8. The molecule has 0 atom stereocenters. The van der Waals surface area contributed by atoms with E-state index in [0.29, 0.717) is 99.6 Å². The molecule has 2 aliphatic rings. The van der Waals surface area contributed by atoms with E-state index in [1.165, 1.54) is 6.08 Å². The molecule has 0 bridgehead atoms. The Balaban J connectivity index is 0.787. The van der Waals surface area contributed by atoms with E-state index in [1.807, 2.05) is 41.4 Å². The Bertz CT molecular complexity index is 3300. The average Bonchev–Trinajstić information content (AvgIpc) is 1.77. The monoisotopic (exact) mass is 1310 g/mol. The van der Waals surface area contributed by atoms with Crippen LogP contribution in [0.5, 0.6) is 40.2 Å². The minimum Gasteiger partial charge on any atom is -0.494 e. The number of benzene rings is 5. The van der Waals surface area contributed by atoms with Gasteiger partial charge in [-0.3, -0.25) is 9.59 Å². The number of anilines is 1. The maximum atomic E-state index is 13.7. The molecule has 0 radical (unpaired) electrons. The third kappa shape index (κ3) is 24.7. The van der Waals surface area contributed by atoms with Gasteiger partial charge in [0.05, 0.1) is 73.5 Å². The molecule has 20 heteroatoms. The Morgan fingerprint density at radius 1 is 0.532 bits per heavy atom. The summed E-state index contributed by atoms with van der Waals surface area (Å²) in [5, 5.41) is 7.63. The quantitative estimate of drug-likeness (QED) is 0.00663. The van der Waals surface area contributed by atoms with Crippen molar-refractivity contribution in [3.8, 4) is 40.2 Å². The van der Waals surface area contributed by atoms with Gasteiger partial charge in [-0.15, -0.1) is 0 Å². The molecule has 94 heavy (non-hydrogen) atoms. The summed E-state index contributed by atoms with van der Waals surface area (Å²) in [4.78, 5) is 90.6. The molecule has 502 valence electrons. The maximum Gasteiger partial charge on any atom is 0.343 e. The Labute approximate surface area is 555 Å². The molecule has 2 fully saturated rings. The smallest absolute Gasteiger partial charge is 0.343 e. The summed E-state index contributed by atoms with van der Waals surface area (Å²) in [5.41, 5.74) is 1.64. The highest BCUT2D eigenvalue weighted by Crippen LogP contribution is 2.35. The second kappa shape index (κ2) is 39.8. The van der Waals surface area contributed by atoms with Crippen LogP contribution < -0.4 is 38.5 Å². The number of rotatable bonds is 41. The number of hydrogen-bond donors (Lipinski definition) is 0. The second-order valence-corrected chi connectivity index (χ2v) is 24.6. The maximum absolute atomic E-state index is 13.7. The number of ether oxygens (including phenoxy) is 7. The van der Waals surface area contributed by atoms with Crippen molar-refractivity contribution < 1.29 is 76.7 Å². The van der Waals surface area contributed by atoms with Gasteiger partial charge in [-0.05, 0) is 224 Å². The van der Waals surface area contributed by atoms with Gasteiger partial charge >= 0.3 is 29.8 Å². The van der Waals surface area contributed by atoms with E-state index in [4.69, 9.17) is 62.8 Å². The van der Waals surface area contributed by atoms with Crippen LogP contribution in [0.4, 0.5) is 5.13 Å². The molecule has 19 nitrogen and oxygen atoms in total. The third-order valence-corrected chi connectivity index (χ3v) is 17.4. The Morgan fingerprint density at radius 3 is 1.57 bits per heavy atom. The molecule has 6 aromatic rings. The normalized spacial score (nSPS) is 16.1. The molecule has 8 rings (SSSR count). The summed E-state index contributed by atoms with van der Waals surface area (Å²) < 4.78 is 40.3. The van der Waals surface area contributed by atoms with Crippen LogP contribution in [0.15, 0.2) is 146 Å². The number of carbonyl (C=O) groups excluding carboxylic acids is 5. The average molecular weight is 1310 g/mol. The molecule has 1 aromatic heterocycles. The van der Waals surface area contributed by atoms with E-state index < -0.39 is 17.9 Å². The van der Waals surface area contributed by atoms with Gasteiger partial charge in [0, 0.05) is 24.3 Å². The van der Waals surface area contributed by atoms with Gasteiger partial charge in [0.1, 0.15) is 28.7 Å². The van der Waals surface area contributed by atoms with E-state index in [0.717, 1.165) is 136 Å². The first-order valence-electron chi connectivity index (χ1n) is 33.2. The lowest BCUT2D eigenvalue weighted by molar-refractivity contribution is -0.218. The number of esters is 5. The lowest BCUT2D eigenvalue weighted by atomic mass is 9.82. The van der Waals surface area contributed by atoms with Gasteiger partial charge in [0.25, 0.3) is 0 Å². The summed E-state index contributed by atoms with van der Waals surface area (Å²) in [5.74, 6) is 1.23. The number of para-hydroxylation sites is 1. The molecule has 0 aliphatic heterocycles. The topological polar surface area (TPSA) is 215 Å². The third-order valence-electron chi connectivity index (χ3n) is 16.4. The number of nitrogens with zero attached hydrogens (tertiary/aromatic N) is 3. The number of carbonyl (C=O) groups is 5. The highest BCUT2D eigenvalue weighted by Gasteiger charge is 2.30. The molecule has 0 spiro atoms. The van der Waals surface area contributed by atoms with Crippen LogP contribution in [0.1, 0.15) is 158 Å². The Hall–Kier alpha value is -8.59. The van der Waals surface area contributed by atoms with E-state index in [2.05, 4.69) is 20.1 Å². The number of aromatic nitrogens is 1. The molecule has 0 amide bonds. The van der Waals surface area contributed by atoms with E-state index in [-0.39, 0.29) is 53.5 Å². The lowest BCUT2D eigenvalue weighted by Gasteiger charge is -2.26. The SMILES string of the molecule is C=CC(=O)OCCCCCCOc1ccc(OOCC2CCC(C(=O)Oc3ccc(C(=O)Oc4ccc(OOCC5CCC(C(=O)Oc6ccc(OCCCCCCOC(=O)C=C)cc6)CC5)c(/C=N/N(CCCCCCC)c5nc6ccccc6s5)c4)cc3)CC2)cc1. The summed E-state index contributed by atoms with van der Waals surface area (Å²) in [6.07, 6.45) is 22.1. The van der Waals surface area contributed by atoms with Gasteiger partial charge < -0.3 is 42.9 Å². The minimum atomic E-state index is -0.615. The zero-order chi connectivity index (χ0) is 66.0. The summed E-state index contributed by atoms with van der Waals surface area (Å²) in [6.45, 7) is 12.2. The largest absolute Gasteiger partial charge is 0.494 e. The number of fused-ring (bicyclic) bond motifs is 1. The Morgan fingerprint density at radius 2 is 1.02 bits per heavy atom. The molecule has 2 aliphatic carbocycles. The number of thiazole rings is 1. The standard InChI is InChI=1S/C74H89N3O16S/c1-4-7-8-9-16-45-77(74-76-66-21-14-15-22-68(66)94-74)75-51-59-50-65(43-44-67(59)93-88-53-55-25-29-57(30-26-55)72(81)90-63-39-35-60(36-40-63)83-46-17-10-12-19-48-85-69(78)5-2)91-73(82)58-31-33-62(34-32-58)89-71(80)56-27-23-54(24-28-56)52-87-92-64-41-37-61(38-42-64)84-47-18-11-13-20-49-86-70(79)6-3/h5-6,14-15,21-22,31-44,50-51,54-57H,2-4,7-13,16-20,23-30,45-49,52-53H2,1H3/b75-51+. The molecule has 0 N–H and O–H groups in total. The summed E-state index contributed by atoms with van der Waals surface area (Å²) in [7, 11) is 0. The van der Waals surface area contributed by atoms with Crippen molar-refractivity contribution in [1.29, 1.82) is 0 Å². The predicted molar refractivity (Wildman–Crippen MR) is 360 cm³/mol. The van der Waals surface area contributed by atoms with Crippen LogP contribution in [-0.4, -0.2) is 87.2 Å². The van der Waals surface area contributed by atoms with Crippen LogP contribution in [0.2, 0.25) is 0 Å². The fourth-order valence-electron chi connectivity index (χ4n) is 10.8. The van der Waals surface area contributed by atoms with Gasteiger partial charge in [0.15, 0.2) is 11.5 Å². The van der Waals surface area contributed by atoms with Gasteiger partial charge in [-0.2, -0.15) is 14.9 Å².